The number of hydrogen-bond donors (Lipinski definition) is 3. The zero-order chi connectivity index (χ0) is 15.8. The van der Waals surface area contributed by atoms with E-state index in [1.165, 1.54) is 5.56 Å². The lowest BCUT2D eigenvalue weighted by Gasteiger charge is -2.26. The van der Waals surface area contributed by atoms with Gasteiger partial charge in [0.05, 0.1) is 26.3 Å². The van der Waals surface area contributed by atoms with E-state index in [2.05, 4.69) is 15.5 Å². The van der Waals surface area contributed by atoms with Crippen LogP contribution >= 0.6 is 24.8 Å². The van der Waals surface area contributed by atoms with Gasteiger partial charge in [0.25, 0.3) is 0 Å². The summed E-state index contributed by atoms with van der Waals surface area (Å²) in [5, 5.41) is 5.15. The van der Waals surface area contributed by atoms with Crippen LogP contribution < -0.4 is 16.4 Å². The highest BCUT2D eigenvalue weighted by atomic mass is 35.5. The number of nitrogens with zero attached hydrogens (tertiary/aromatic N) is 1. The molecule has 1 heterocycles. The molecule has 1 saturated heterocycles. The smallest absolute Gasteiger partial charge is 0.243 e. The molecule has 0 aromatic heterocycles. The van der Waals surface area contributed by atoms with Crippen molar-refractivity contribution in [3.63, 3.8) is 0 Å². The van der Waals surface area contributed by atoms with Crippen molar-refractivity contribution < 1.29 is 14.3 Å². The van der Waals surface area contributed by atoms with Crippen LogP contribution in [0, 0.1) is 0 Å². The predicted octanol–water partition coefficient (Wildman–Crippen LogP) is 0.376. The van der Waals surface area contributed by atoms with E-state index >= 15 is 0 Å². The number of halogens is 2. The fourth-order valence-electron chi connectivity index (χ4n) is 2.17. The Bertz CT molecular complexity index is 508. The molecule has 1 fully saturated rings. The van der Waals surface area contributed by atoms with Crippen LogP contribution in [-0.2, 0) is 20.9 Å². The number of benzene rings is 1. The first-order valence-corrected chi connectivity index (χ1v) is 7.33. The zero-order valence-corrected chi connectivity index (χ0v) is 15.0. The molecule has 7 nitrogen and oxygen atoms in total. The van der Waals surface area contributed by atoms with E-state index in [-0.39, 0.29) is 49.7 Å². The third-order valence-corrected chi connectivity index (χ3v) is 3.38. The van der Waals surface area contributed by atoms with Crippen LogP contribution in [0.25, 0.3) is 0 Å². The molecule has 136 valence electrons. The van der Waals surface area contributed by atoms with E-state index in [4.69, 9.17) is 10.5 Å². The Morgan fingerprint density at radius 3 is 2.29 bits per heavy atom. The van der Waals surface area contributed by atoms with Crippen LogP contribution in [0.4, 0.5) is 5.69 Å². The van der Waals surface area contributed by atoms with Crippen molar-refractivity contribution in [1.29, 1.82) is 0 Å². The summed E-state index contributed by atoms with van der Waals surface area (Å²) in [5.74, 6) is -0.626. The van der Waals surface area contributed by atoms with Crippen LogP contribution in [0.2, 0.25) is 0 Å². The summed E-state index contributed by atoms with van der Waals surface area (Å²) in [4.78, 5) is 25.0. The summed E-state index contributed by atoms with van der Waals surface area (Å²) < 4.78 is 5.32. The van der Waals surface area contributed by atoms with Gasteiger partial charge in [-0.25, -0.2) is 0 Å². The maximum atomic E-state index is 11.6. The number of carbonyl (C=O) groups excluding carboxylic acids is 2. The third-order valence-electron chi connectivity index (χ3n) is 3.38. The van der Waals surface area contributed by atoms with Crippen LogP contribution in [-0.4, -0.2) is 56.1 Å². The highest BCUT2D eigenvalue weighted by Crippen LogP contribution is 2.12. The molecule has 2 amide bonds. The third kappa shape index (κ3) is 7.94. The van der Waals surface area contributed by atoms with Gasteiger partial charge >= 0.3 is 0 Å². The molecule has 0 spiro atoms. The number of nitrogens with one attached hydrogen (secondary N) is 2. The Morgan fingerprint density at radius 2 is 1.71 bits per heavy atom. The molecular weight excluding hydrogens is 355 g/mol. The number of amides is 2. The van der Waals surface area contributed by atoms with Crippen molar-refractivity contribution in [2.24, 2.45) is 5.73 Å². The van der Waals surface area contributed by atoms with E-state index in [1.54, 1.807) is 0 Å². The SMILES string of the molecule is Cl.Cl.NCC(=O)NCC(=O)Nc1ccc(CN2CCOCC2)cc1. The van der Waals surface area contributed by atoms with Crippen LogP contribution in [0.3, 0.4) is 0 Å². The minimum Gasteiger partial charge on any atom is -0.379 e. The first kappa shape index (κ1) is 22.6. The molecule has 4 N–H and O–H groups in total. The standard InChI is InChI=1S/C15H22N4O3.2ClH/c16-9-14(20)17-10-15(21)18-13-3-1-12(2-4-13)11-19-5-7-22-8-6-19;;/h1-4H,5-11,16H2,(H,17,20)(H,18,21);2*1H. The van der Waals surface area contributed by atoms with Crippen molar-refractivity contribution in [2.75, 3.05) is 44.7 Å². The summed E-state index contributed by atoms with van der Waals surface area (Å²) in [6.07, 6.45) is 0. The number of ether oxygens (including phenoxy) is 1. The fourth-order valence-corrected chi connectivity index (χ4v) is 2.17. The maximum Gasteiger partial charge on any atom is 0.243 e. The first-order chi connectivity index (χ1) is 10.7. The lowest BCUT2D eigenvalue weighted by molar-refractivity contribution is -0.123. The fraction of sp³-hybridized carbons (Fsp3) is 0.467. The van der Waals surface area contributed by atoms with Gasteiger partial charge in [-0.3, -0.25) is 14.5 Å². The molecule has 0 atom stereocenters. The van der Waals surface area contributed by atoms with E-state index in [0.717, 1.165) is 32.8 Å². The summed E-state index contributed by atoms with van der Waals surface area (Å²) >= 11 is 0. The molecule has 1 aliphatic heterocycles. The molecular formula is C15H24Cl2N4O3. The number of carbonyl (C=O) groups is 2. The normalized spacial score (nSPS) is 14.0. The molecule has 2 rings (SSSR count). The Balaban J connectivity index is 0.00000264. The molecule has 24 heavy (non-hydrogen) atoms. The zero-order valence-electron chi connectivity index (χ0n) is 13.3. The Labute approximate surface area is 154 Å². The monoisotopic (exact) mass is 378 g/mol. The number of anilines is 1. The van der Waals surface area contributed by atoms with Gasteiger partial charge in [-0.15, -0.1) is 24.8 Å². The average molecular weight is 379 g/mol. The predicted molar refractivity (Wildman–Crippen MR) is 97.7 cm³/mol. The van der Waals surface area contributed by atoms with Crippen molar-refractivity contribution in [1.82, 2.24) is 10.2 Å². The highest BCUT2D eigenvalue weighted by molar-refractivity contribution is 5.94. The number of hydrogen-bond acceptors (Lipinski definition) is 5. The van der Waals surface area contributed by atoms with Crippen LogP contribution in [0.15, 0.2) is 24.3 Å². The molecule has 9 heteroatoms. The topological polar surface area (TPSA) is 96.7 Å². The van der Waals surface area contributed by atoms with Gasteiger partial charge in [0.15, 0.2) is 0 Å². The van der Waals surface area contributed by atoms with E-state index in [9.17, 15) is 9.59 Å². The molecule has 0 unspecified atom stereocenters. The van der Waals surface area contributed by atoms with E-state index in [0.29, 0.717) is 5.69 Å². The van der Waals surface area contributed by atoms with Gasteiger partial charge in [-0.05, 0) is 17.7 Å². The van der Waals surface area contributed by atoms with Crippen LogP contribution in [0.1, 0.15) is 5.56 Å². The molecule has 0 saturated carbocycles. The number of rotatable bonds is 6. The average Bonchev–Trinajstić information content (AvgIpc) is 2.55. The minimum absolute atomic E-state index is 0. The highest BCUT2D eigenvalue weighted by Gasteiger charge is 2.10. The number of nitrogens with two attached hydrogens (primary N) is 1. The summed E-state index contributed by atoms with van der Waals surface area (Å²) in [7, 11) is 0. The van der Waals surface area contributed by atoms with Gasteiger partial charge in [0.1, 0.15) is 0 Å². The molecule has 0 aliphatic carbocycles. The van der Waals surface area contributed by atoms with E-state index in [1.807, 2.05) is 24.3 Å². The second-order valence-electron chi connectivity index (χ2n) is 5.11. The summed E-state index contributed by atoms with van der Waals surface area (Å²) in [5.41, 5.74) is 7.05. The van der Waals surface area contributed by atoms with Gasteiger partial charge in [-0.1, -0.05) is 12.1 Å². The van der Waals surface area contributed by atoms with Gasteiger partial charge < -0.3 is 21.1 Å². The lowest BCUT2D eigenvalue weighted by atomic mass is 10.2. The largest absolute Gasteiger partial charge is 0.379 e. The minimum atomic E-state index is -0.351. The van der Waals surface area contributed by atoms with Crippen molar-refractivity contribution >= 4 is 42.3 Å². The molecule has 1 aromatic carbocycles. The van der Waals surface area contributed by atoms with Gasteiger partial charge in [-0.2, -0.15) is 0 Å². The lowest BCUT2D eigenvalue weighted by Crippen LogP contribution is -2.36. The van der Waals surface area contributed by atoms with E-state index < -0.39 is 0 Å². The Kier molecular flexibility index (Phi) is 11.4. The molecule has 0 radical (unpaired) electrons. The quantitative estimate of drug-likeness (QED) is 0.664. The summed E-state index contributed by atoms with van der Waals surface area (Å²) in [6, 6.07) is 7.70. The Morgan fingerprint density at radius 1 is 1.08 bits per heavy atom. The van der Waals surface area contributed by atoms with Gasteiger partial charge in [0, 0.05) is 25.3 Å². The Hall–Kier alpha value is -1.38. The molecule has 0 bridgehead atoms. The second-order valence-corrected chi connectivity index (χ2v) is 5.11. The maximum absolute atomic E-state index is 11.6. The first-order valence-electron chi connectivity index (χ1n) is 7.33. The molecule has 1 aliphatic rings. The number of morpholine rings is 1. The van der Waals surface area contributed by atoms with Crippen molar-refractivity contribution in [2.45, 2.75) is 6.54 Å². The van der Waals surface area contributed by atoms with Crippen molar-refractivity contribution in [3.8, 4) is 0 Å². The second kappa shape index (κ2) is 12.0. The molecule has 1 aromatic rings. The summed E-state index contributed by atoms with van der Waals surface area (Å²) in [6.45, 7) is 4.13. The van der Waals surface area contributed by atoms with Gasteiger partial charge in [0.2, 0.25) is 11.8 Å². The van der Waals surface area contributed by atoms with Crippen molar-refractivity contribution in [3.05, 3.63) is 29.8 Å². The van der Waals surface area contributed by atoms with Crippen LogP contribution in [0.5, 0.6) is 0 Å².